The minimum absolute atomic E-state index is 0. The van der Waals surface area contributed by atoms with Crippen LogP contribution in [0.25, 0.3) is 0 Å². The van der Waals surface area contributed by atoms with Crippen molar-refractivity contribution in [2.24, 2.45) is 0 Å². The van der Waals surface area contributed by atoms with Crippen LogP contribution in [0.5, 0.6) is 0 Å². The van der Waals surface area contributed by atoms with Crippen molar-refractivity contribution in [3.05, 3.63) is 0 Å². The van der Waals surface area contributed by atoms with Crippen LogP contribution < -0.4 is 5.32 Å². The predicted octanol–water partition coefficient (Wildman–Crippen LogP) is -0.758. The first-order chi connectivity index (χ1) is 6.06. The van der Waals surface area contributed by atoms with Gasteiger partial charge in [0, 0.05) is 13.1 Å². The normalized spacial score (nSPS) is 16.1. The zero-order valence-corrected chi connectivity index (χ0v) is 8.64. The van der Waals surface area contributed by atoms with Crippen molar-refractivity contribution in [2.75, 3.05) is 32.1 Å². The van der Waals surface area contributed by atoms with E-state index in [0.29, 0.717) is 6.42 Å². The molecule has 0 bridgehead atoms. The molecule has 7 heteroatoms. The van der Waals surface area contributed by atoms with Crippen LogP contribution in [0.1, 0.15) is 13.3 Å². The number of hydrogen-bond acceptors (Lipinski definition) is 4. The van der Waals surface area contributed by atoms with E-state index < -0.39 is 10.1 Å². The van der Waals surface area contributed by atoms with Crippen LogP contribution in [0.3, 0.4) is 0 Å². The van der Waals surface area contributed by atoms with E-state index in [0.717, 1.165) is 26.3 Å². The van der Waals surface area contributed by atoms with Gasteiger partial charge in [0.1, 0.15) is 0 Å². The molecule has 1 rings (SSSR count). The average molecular weight is 235 g/mol. The first-order valence-corrected chi connectivity index (χ1v) is 5.91. The molecule has 14 heavy (non-hydrogen) atoms. The Kier molecular flexibility index (Phi) is 12.7. The molecule has 0 saturated carbocycles. The standard InChI is InChI=1S/C4H9NO.C3H8O3S.Na.H/c1-3-6-4-2-5-1;1-2-3-7(4,5)6;;/h5H,1-4H2;2-3H2,1H3,(H,4,5,6);;. The van der Waals surface area contributed by atoms with Gasteiger partial charge in [-0.3, -0.25) is 4.55 Å². The summed E-state index contributed by atoms with van der Waals surface area (Å²) in [5.41, 5.74) is 0. The van der Waals surface area contributed by atoms with Gasteiger partial charge in [0.05, 0.1) is 19.0 Å². The van der Waals surface area contributed by atoms with Crippen LogP contribution in [-0.4, -0.2) is 74.6 Å². The van der Waals surface area contributed by atoms with E-state index in [1.807, 2.05) is 0 Å². The van der Waals surface area contributed by atoms with E-state index in [1.54, 1.807) is 6.92 Å². The molecule has 0 spiro atoms. The molecule has 0 radical (unpaired) electrons. The summed E-state index contributed by atoms with van der Waals surface area (Å²) in [6, 6.07) is 0. The molecule has 5 nitrogen and oxygen atoms in total. The fourth-order valence-corrected chi connectivity index (χ4v) is 1.29. The first kappa shape index (κ1) is 17.2. The van der Waals surface area contributed by atoms with Gasteiger partial charge in [0.25, 0.3) is 10.1 Å². The van der Waals surface area contributed by atoms with Gasteiger partial charge in [-0.05, 0) is 6.42 Å². The van der Waals surface area contributed by atoms with Crippen molar-refractivity contribution < 1.29 is 17.7 Å². The van der Waals surface area contributed by atoms with E-state index in [9.17, 15) is 8.42 Å². The van der Waals surface area contributed by atoms with Crippen LogP contribution >= 0.6 is 0 Å². The Balaban J connectivity index is 0. The molecule has 1 aliphatic rings. The van der Waals surface area contributed by atoms with Gasteiger partial charge in [-0.2, -0.15) is 8.42 Å². The molecule has 1 saturated heterocycles. The van der Waals surface area contributed by atoms with Crippen LogP contribution in [-0.2, 0) is 14.9 Å². The van der Waals surface area contributed by atoms with Gasteiger partial charge in [0.2, 0.25) is 0 Å². The summed E-state index contributed by atoms with van der Waals surface area (Å²) in [4.78, 5) is 0. The van der Waals surface area contributed by atoms with Gasteiger partial charge < -0.3 is 10.1 Å². The molecule has 2 N–H and O–H groups in total. The molecule has 0 atom stereocenters. The van der Waals surface area contributed by atoms with Crippen LogP contribution in [0, 0.1) is 0 Å². The van der Waals surface area contributed by atoms with Crippen molar-refractivity contribution in [1.29, 1.82) is 0 Å². The van der Waals surface area contributed by atoms with Crippen molar-refractivity contribution in [1.82, 2.24) is 5.32 Å². The van der Waals surface area contributed by atoms with Gasteiger partial charge in [-0.25, -0.2) is 0 Å². The Morgan fingerprint density at radius 1 is 1.36 bits per heavy atom. The number of hydrogen-bond donors (Lipinski definition) is 2. The van der Waals surface area contributed by atoms with Crippen molar-refractivity contribution >= 4 is 39.7 Å². The van der Waals surface area contributed by atoms with Gasteiger partial charge in [0.15, 0.2) is 0 Å². The fourth-order valence-electron chi connectivity index (χ4n) is 0.774. The molecule has 0 aromatic carbocycles. The first-order valence-electron chi connectivity index (χ1n) is 4.30. The van der Waals surface area contributed by atoms with Crippen LogP contribution in [0.15, 0.2) is 0 Å². The molecule has 82 valence electrons. The molecule has 0 aromatic heterocycles. The van der Waals surface area contributed by atoms with Crippen molar-refractivity contribution in [3.63, 3.8) is 0 Å². The summed E-state index contributed by atoms with van der Waals surface area (Å²) in [6.07, 6.45) is 0.471. The second-order valence-corrected chi connectivity index (χ2v) is 4.22. The summed E-state index contributed by atoms with van der Waals surface area (Å²) < 4.78 is 32.6. The minimum atomic E-state index is -3.67. The quantitative estimate of drug-likeness (QED) is 0.486. The molecule has 1 heterocycles. The second-order valence-electron chi connectivity index (χ2n) is 2.65. The molecular formula is C7H18NNaO4S. The maximum absolute atomic E-state index is 9.79. The molecule has 0 aliphatic carbocycles. The third-order valence-corrected chi connectivity index (χ3v) is 2.23. The molecule has 0 amide bonds. The van der Waals surface area contributed by atoms with Crippen molar-refractivity contribution in [3.8, 4) is 0 Å². The van der Waals surface area contributed by atoms with E-state index in [4.69, 9.17) is 9.29 Å². The Morgan fingerprint density at radius 2 is 1.86 bits per heavy atom. The van der Waals surface area contributed by atoms with E-state index >= 15 is 0 Å². The van der Waals surface area contributed by atoms with E-state index in [2.05, 4.69) is 5.32 Å². The summed E-state index contributed by atoms with van der Waals surface area (Å²) in [5, 5.41) is 3.16. The zero-order valence-electron chi connectivity index (χ0n) is 7.82. The Hall–Kier alpha value is 0.830. The van der Waals surface area contributed by atoms with Crippen LogP contribution in [0.4, 0.5) is 0 Å². The van der Waals surface area contributed by atoms with E-state index in [-0.39, 0.29) is 35.3 Å². The zero-order chi connectivity index (χ0) is 10.2. The summed E-state index contributed by atoms with van der Waals surface area (Å²) in [7, 11) is -3.67. The number of nitrogens with one attached hydrogen (secondary N) is 1. The number of morpholine rings is 1. The Bertz CT molecular complexity index is 192. The molecular weight excluding hydrogens is 217 g/mol. The third kappa shape index (κ3) is 15.3. The predicted molar refractivity (Wildman–Crippen MR) is 57.5 cm³/mol. The topological polar surface area (TPSA) is 75.6 Å². The monoisotopic (exact) mass is 235 g/mol. The molecule has 0 aromatic rings. The van der Waals surface area contributed by atoms with Crippen molar-refractivity contribution in [2.45, 2.75) is 13.3 Å². The maximum atomic E-state index is 9.79. The fraction of sp³-hybridized carbons (Fsp3) is 1.00. The Labute approximate surface area is 108 Å². The summed E-state index contributed by atoms with van der Waals surface area (Å²) in [5.74, 6) is -0.132. The van der Waals surface area contributed by atoms with Gasteiger partial charge in [-0.1, -0.05) is 6.92 Å². The summed E-state index contributed by atoms with van der Waals surface area (Å²) in [6.45, 7) is 5.52. The summed E-state index contributed by atoms with van der Waals surface area (Å²) >= 11 is 0. The molecule has 1 fully saturated rings. The van der Waals surface area contributed by atoms with Gasteiger partial charge >= 0.3 is 29.6 Å². The SMILES string of the molecule is C1COCCN1.CCCS(=O)(=O)O.[NaH]. The number of rotatable bonds is 2. The second kappa shape index (κ2) is 10.4. The Morgan fingerprint density at radius 3 is 1.93 bits per heavy atom. The third-order valence-electron chi connectivity index (χ3n) is 1.31. The molecule has 1 aliphatic heterocycles. The van der Waals surface area contributed by atoms with Crippen LogP contribution in [0.2, 0.25) is 0 Å². The molecule has 0 unspecified atom stereocenters. The average Bonchev–Trinajstić information content (AvgIpc) is 2.06. The van der Waals surface area contributed by atoms with E-state index in [1.165, 1.54) is 0 Å². The van der Waals surface area contributed by atoms with Gasteiger partial charge in [-0.15, -0.1) is 0 Å². The number of ether oxygens (including phenoxy) is 1.